The number of benzene rings is 2. The minimum absolute atomic E-state index is 0.103. The van der Waals surface area contributed by atoms with Crippen LogP contribution in [0.4, 0.5) is 13.2 Å². The van der Waals surface area contributed by atoms with Crippen LogP contribution >= 0.6 is 11.8 Å². The Bertz CT molecular complexity index is 721. The van der Waals surface area contributed by atoms with Gasteiger partial charge in [0.25, 0.3) is 9.84 Å². The molecule has 0 aliphatic heterocycles. The molecule has 21 heavy (non-hydrogen) atoms. The minimum atomic E-state index is -5.31. The van der Waals surface area contributed by atoms with Crippen LogP contribution in [0.1, 0.15) is 0 Å². The van der Waals surface area contributed by atoms with Crippen LogP contribution < -0.4 is 0 Å². The first-order valence-electron chi connectivity index (χ1n) is 5.58. The summed E-state index contributed by atoms with van der Waals surface area (Å²) in [7, 11) is -5.31. The molecule has 0 saturated heterocycles. The normalized spacial score (nSPS) is 12.3. The van der Waals surface area contributed by atoms with Crippen molar-refractivity contribution in [3.05, 3.63) is 48.5 Å². The summed E-state index contributed by atoms with van der Waals surface area (Å²) in [5.74, 6) is 0.103. The summed E-state index contributed by atoms with van der Waals surface area (Å²) in [6.07, 6.45) is 0. The van der Waals surface area contributed by atoms with Crippen molar-refractivity contribution in [3.63, 3.8) is 0 Å². The summed E-state index contributed by atoms with van der Waals surface area (Å²) in [6.45, 7) is 0. The summed E-state index contributed by atoms with van der Waals surface area (Å²) in [5.41, 5.74) is -5.31. The van der Waals surface area contributed by atoms with Crippen LogP contribution in [0.3, 0.4) is 0 Å². The van der Waals surface area contributed by atoms with Gasteiger partial charge in [-0.15, -0.1) is 0 Å². The molecule has 3 nitrogen and oxygen atoms in total. The lowest BCUT2D eigenvalue weighted by atomic mass is 10.3. The van der Waals surface area contributed by atoms with Gasteiger partial charge in [0.2, 0.25) is 0 Å². The van der Waals surface area contributed by atoms with Crippen molar-refractivity contribution in [1.29, 1.82) is 0 Å². The number of rotatable bonds is 3. The third-order valence-electron chi connectivity index (χ3n) is 2.51. The van der Waals surface area contributed by atoms with E-state index in [0.717, 1.165) is 17.0 Å². The first kappa shape index (κ1) is 15.7. The lowest BCUT2D eigenvalue weighted by Crippen LogP contribution is -2.23. The number of phenols is 1. The Hall–Kier alpha value is -1.67. The molecular weight excluding hydrogens is 325 g/mol. The maximum absolute atomic E-state index is 12.4. The van der Waals surface area contributed by atoms with Crippen LogP contribution in [0.15, 0.2) is 63.2 Å². The van der Waals surface area contributed by atoms with Crippen LogP contribution in [0.2, 0.25) is 0 Å². The fourth-order valence-electron chi connectivity index (χ4n) is 1.47. The van der Waals surface area contributed by atoms with Crippen LogP contribution in [0, 0.1) is 0 Å². The van der Waals surface area contributed by atoms with E-state index in [1.807, 2.05) is 0 Å². The molecule has 0 bridgehead atoms. The molecule has 0 aromatic heterocycles. The van der Waals surface area contributed by atoms with E-state index in [4.69, 9.17) is 5.11 Å². The van der Waals surface area contributed by atoms with E-state index >= 15 is 0 Å². The van der Waals surface area contributed by atoms with E-state index in [2.05, 4.69) is 0 Å². The highest BCUT2D eigenvalue weighted by atomic mass is 32.2. The molecule has 0 saturated carbocycles. The second-order valence-corrected chi connectivity index (χ2v) is 7.10. The Morgan fingerprint density at radius 2 is 1.29 bits per heavy atom. The average molecular weight is 334 g/mol. The SMILES string of the molecule is O=S(=O)(c1ccc(Sc2ccc(O)cc2)cc1)C(F)(F)F. The third-order valence-corrected chi connectivity index (χ3v) is 5.03. The maximum atomic E-state index is 12.4. The first-order chi connectivity index (χ1) is 9.70. The Balaban J connectivity index is 2.22. The molecule has 0 unspecified atom stereocenters. The number of phenolic OH excluding ortho intramolecular Hbond substituents is 1. The van der Waals surface area contributed by atoms with Gasteiger partial charge in [-0.2, -0.15) is 13.2 Å². The molecular formula is C13H9F3O3S2. The largest absolute Gasteiger partial charge is 0.508 e. The molecule has 0 atom stereocenters. The minimum Gasteiger partial charge on any atom is -0.508 e. The summed E-state index contributed by atoms with van der Waals surface area (Å²) in [6, 6.07) is 10.7. The zero-order valence-electron chi connectivity index (χ0n) is 10.3. The van der Waals surface area contributed by atoms with E-state index in [0.29, 0.717) is 4.90 Å². The van der Waals surface area contributed by atoms with Crippen LogP contribution in [0.5, 0.6) is 5.75 Å². The predicted octanol–water partition coefficient (Wildman–Crippen LogP) is 3.84. The fraction of sp³-hybridized carbons (Fsp3) is 0.0769. The second-order valence-electron chi connectivity index (χ2n) is 4.02. The smallest absolute Gasteiger partial charge is 0.501 e. The van der Waals surface area contributed by atoms with Gasteiger partial charge in [-0.25, -0.2) is 8.42 Å². The molecule has 0 heterocycles. The summed E-state index contributed by atoms with van der Waals surface area (Å²) >= 11 is 1.24. The Morgan fingerprint density at radius 1 is 0.857 bits per heavy atom. The van der Waals surface area contributed by atoms with Crippen LogP contribution in [-0.4, -0.2) is 19.0 Å². The van der Waals surface area contributed by atoms with Gasteiger partial charge < -0.3 is 5.11 Å². The number of alkyl halides is 3. The van der Waals surface area contributed by atoms with Gasteiger partial charge in [0.15, 0.2) is 0 Å². The molecule has 0 fully saturated rings. The number of halogens is 3. The van der Waals surface area contributed by atoms with Crippen molar-refractivity contribution in [3.8, 4) is 5.75 Å². The second kappa shape index (κ2) is 5.61. The van der Waals surface area contributed by atoms with Crippen molar-refractivity contribution in [2.45, 2.75) is 20.2 Å². The summed E-state index contributed by atoms with van der Waals surface area (Å²) < 4.78 is 59.6. The molecule has 2 rings (SSSR count). The Kier molecular flexibility index (Phi) is 4.20. The lowest BCUT2D eigenvalue weighted by molar-refractivity contribution is -0.0436. The van der Waals surface area contributed by atoms with E-state index in [9.17, 15) is 21.6 Å². The van der Waals surface area contributed by atoms with Gasteiger partial charge in [-0.05, 0) is 48.5 Å². The predicted molar refractivity (Wildman–Crippen MR) is 71.9 cm³/mol. The molecule has 2 aromatic rings. The van der Waals surface area contributed by atoms with Gasteiger partial charge >= 0.3 is 5.51 Å². The summed E-state index contributed by atoms with van der Waals surface area (Å²) in [4.78, 5) is 0.561. The highest BCUT2D eigenvalue weighted by molar-refractivity contribution is 7.99. The van der Waals surface area contributed by atoms with E-state index in [1.54, 1.807) is 12.1 Å². The molecule has 1 N–H and O–H groups in total. The first-order valence-corrected chi connectivity index (χ1v) is 7.88. The van der Waals surface area contributed by atoms with Gasteiger partial charge in [0.1, 0.15) is 5.75 Å². The highest BCUT2D eigenvalue weighted by Crippen LogP contribution is 2.33. The molecule has 0 aliphatic rings. The monoisotopic (exact) mass is 334 g/mol. The van der Waals surface area contributed by atoms with Crippen molar-refractivity contribution >= 4 is 21.6 Å². The lowest BCUT2D eigenvalue weighted by Gasteiger charge is -2.08. The zero-order chi connectivity index (χ0) is 15.7. The van der Waals surface area contributed by atoms with Gasteiger partial charge in [-0.3, -0.25) is 0 Å². The van der Waals surface area contributed by atoms with Crippen LogP contribution in [-0.2, 0) is 9.84 Å². The fourth-order valence-corrected chi connectivity index (χ4v) is 3.05. The number of sulfone groups is 1. The van der Waals surface area contributed by atoms with Gasteiger partial charge in [0, 0.05) is 9.79 Å². The Morgan fingerprint density at radius 3 is 1.71 bits per heavy atom. The van der Waals surface area contributed by atoms with Crippen molar-refractivity contribution in [2.75, 3.05) is 0 Å². The van der Waals surface area contributed by atoms with E-state index in [1.165, 1.54) is 36.0 Å². The van der Waals surface area contributed by atoms with Crippen LogP contribution in [0.25, 0.3) is 0 Å². The van der Waals surface area contributed by atoms with Gasteiger partial charge in [-0.1, -0.05) is 11.8 Å². The maximum Gasteiger partial charge on any atom is 0.501 e. The van der Waals surface area contributed by atoms with E-state index in [-0.39, 0.29) is 5.75 Å². The number of hydrogen-bond acceptors (Lipinski definition) is 4. The molecule has 0 radical (unpaired) electrons. The van der Waals surface area contributed by atoms with Crippen molar-refractivity contribution in [1.82, 2.24) is 0 Å². The van der Waals surface area contributed by atoms with Crippen molar-refractivity contribution < 1.29 is 26.7 Å². The molecule has 0 spiro atoms. The topological polar surface area (TPSA) is 54.4 Å². The number of hydrogen-bond donors (Lipinski definition) is 1. The average Bonchev–Trinajstić information content (AvgIpc) is 2.41. The molecule has 8 heteroatoms. The quantitative estimate of drug-likeness (QED) is 0.927. The number of aromatic hydroxyl groups is 1. The molecule has 0 aliphatic carbocycles. The zero-order valence-corrected chi connectivity index (χ0v) is 12.0. The summed E-state index contributed by atoms with van der Waals surface area (Å²) in [5, 5.41) is 9.14. The molecule has 0 amide bonds. The molecule has 112 valence electrons. The standard InChI is InChI=1S/C13H9F3O3S2/c14-13(15,16)21(18,19)12-7-5-11(6-8-12)20-10-3-1-9(17)2-4-10/h1-8,17H. The van der Waals surface area contributed by atoms with E-state index < -0.39 is 20.2 Å². The molecule has 2 aromatic carbocycles. The third kappa shape index (κ3) is 3.51. The Labute approximate surface area is 123 Å². The van der Waals surface area contributed by atoms with Gasteiger partial charge in [0.05, 0.1) is 4.90 Å². The highest BCUT2D eigenvalue weighted by Gasteiger charge is 2.46. The van der Waals surface area contributed by atoms with Crippen molar-refractivity contribution in [2.24, 2.45) is 0 Å².